The number of piperidine rings is 1. The molecule has 2 aliphatic heterocycles. The lowest BCUT2D eigenvalue weighted by Gasteiger charge is -2.31. The number of nitrogens with one attached hydrogen (secondary N) is 1. The molecule has 1 unspecified atom stereocenters. The molecule has 3 heterocycles. The van der Waals surface area contributed by atoms with Gasteiger partial charge in [-0.15, -0.1) is 0 Å². The molecule has 110 valence electrons. The lowest BCUT2D eigenvalue weighted by molar-refractivity contribution is -0.122. The molecule has 1 aromatic carbocycles. The summed E-state index contributed by atoms with van der Waals surface area (Å²) in [4.78, 5) is 30.8. The Morgan fingerprint density at radius 3 is 2.91 bits per heavy atom. The minimum absolute atomic E-state index is 0.168. The second kappa shape index (κ2) is 4.64. The predicted octanol–water partition coefficient (Wildman–Crippen LogP) is 2.75. The third kappa shape index (κ3) is 1.73. The van der Waals surface area contributed by atoms with E-state index < -0.39 is 6.04 Å². The van der Waals surface area contributed by atoms with E-state index in [4.69, 9.17) is 0 Å². The Labute approximate surface area is 135 Å². The second-order valence-corrected chi connectivity index (χ2v) is 6.35. The largest absolute Gasteiger partial charge is 0.329 e. The molecule has 5 nitrogen and oxygen atoms in total. The highest BCUT2D eigenvalue weighted by atomic mass is 79.9. The second-order valence-electron chi connectivity index (χ2n) is 5.50. The number of nitrogens with zero attached hydrogens (tertiary/aromatic N) is 2. The Bertz CT molecular complexity index is 862. The van der Waals surface area contributed by atoms with Gasteiger partial charge in [-0.3, -0.25) is 19.5 Å². The summed E-state index contributed by atoms with van der Waals surface area (Å²) in [6.45, 7) is 3.78. The summed E-state index contributed by atoms with van der Waals surface area (Å²) in [6.07, 6.45) is 4.55. The Morgan fingerprint density at radius 2 is 2.14 bits per heavy atom. The highest BCUT2D eigenvalue weighted by Gasteiger charge is 2.40. The summed E-state index contributed by atoms with van der Waals surface area (Å²) in [5.41, 5.74) is 2.02. The van der Waals surface area contributed by atoms with E-state index in [1.165, 1.54) is 0 Å². The Morgan fingerprint density at radius 1 is 1.32 bits per heavy atom. The minimum atomic E-state index is -0.505. The van der Waals surface area contributed by atoms with Crippen molar-refractivity contribution in [2.75, 3.05) is 4.90 Å². The summed E-state index contributed by atoms with van der Waals surface area (Å²) >= 11 is 3.49. The average molecular weight is 358 g/mol. The van der Waals surface area contributed by atoms with Crippen LogP contribution in [0.3, 0.4) is 0 Å². The third-order valence-electron chi connectivity index (χ3n) is 4.19. The van der Waals surface area contributed by atoms with Gasteiger partial charge in [-0.1, -0.05) is 22.5 Å². The molecule has 2 amide bonds. The van der Waals surface area contributed by atoms with Gasteiger partial charge < -0.3 is 5.32 Å². The van der Waals surface area contributed by atoms with Crippen molar-refractivity contribution in [3.05, 3.63) is 46.8 Å². The van der Waals surface area contributed by atoms with E-state index in [1.54, 1.807) is 17.3 Å². The first-order valence-corrected chi connectivity index (χ1v) is 7.75. The quantitative estimate of drug-likeness (QED) is 0.853. The fraction of sp³-hybridized carbons (Fsp3) is 0.188. The molecule has 0 bridgehead atoms. The van der Waals surface area contributed by atoms with E-state index in [9.17, 15) is 9.59 Å². The predicted molar refractivity (Wildman–Crippen MR) is 86.6 cm³/mol. The number of halogens is 1. The zero-order chi connectivity index (χ0) is 15.4. The lowest BCUT2D eigenvalue weighted by atomic mass is 10.0. The molecule has 2 aliphatic rings. The van der Waals surface area contributed by atoms with Crippen LogP contribution in [0.5, 0.6) is 0 Å². The molecule has 6 heteroatoms. The fourth-order valence-electron chi connectivity index (χ4n) is 3.16. The summed E-state index contributed by atoms with van der Waals surface area (Å²) in [6, 6.07) is 3.25. The van der Waals surface area contributed by atoms with Gasteiger partial charge in [0, 0.05) is 33.3 Å². The van der Waals surface area contributed by atoms with Gasteiger partial charge in [-0.2, -0.15) is 0 Å². The van der Waals surface area contributed by atoms with Crippen LogP contribution in [0.25, 0.3) is 10.8 Å². The number of allylic oxidation sites excluding steroid dienone is 1. The molecule has 1 aromatic heterocycles. The van der Waals surface area contributed by atoms with Crippen LogP contribution in [0.2, 0.25) is 0 Å². The van der Waals surface area contributed by atoms with Crippen molar-refractivity contribution >= 4 is 44.2 Å². The van der Waals surface area contributed by atoms with Crippen LogP contribution in [-0.2, 0) is 4.79 Å². The van der Waals surface area contributed by atoms with Gasteiger partial charge in [-0.05, 0) is 25.0 Å². The van der Waals surface area contributed by atoms with Crippen LogP contribution < -0.4 is 10.2 Å². The highest BCUT2D eigenvalue weighted by molar-refractivity contribution is 9.10. The van der Waals surface area contributed by atoms with E-state index in [1.807, 2.05) is 12.1 Å². The van der Waals surface area contributed by atoms with Crippen molar-refractivity contribution in [3.8, 4) is 0 Å². The van der Waals surface area contributed by atoms with Gasteiger partial charge in [0.15, 0.2) is 0 Å². The Kier molecular flexibility index (Phi) is 2.84. The molecule has 0 saturated carbocycles. The normalized spacial score (nSPS) is 20.7. The van der Waals surface area contributed by atoms with Crippen molar-refractivity contribution < 1.29 is 9.59 Å². The summed E-state index contributed by atoms with van der Waals surface area (Å²) in [7, 11) is 0. The standard InChI is InChI=1S/C16H12BrN3O2/c1-8-2-4-13(15(21)19-8)20-12-5-3-11(17)9-6-18-7-10(14(9)12)16(20)22/h3,5-7,13H,1-2,4H2,(H,19,21). The molecule has 1 fully saturated rings. The van der Waals surface area contributed by atoms with Gasteiger partial charge in [0.1, 0.15) is 6.04 Å². The summed E-state index contributed by atoms with van der Waals surface area (Å²) in [5, 5.41) is 4.48. The number of hydrogen-bond acceptors (Lipinski definition) is 3. The number of aromatic nitrogens is 1. The van der Waals surface area contributed by atoms with Crippen LogP contribution >= 0.6 is 15.9 Å². The minimum Gasteiger partial charge on any atom is -0.329 e. The molecule has 0 aliphatic carbocycles. The van der Waals surface area contributed by atoms with E-state index in [0.29, 0.717) is 24.1 Å². The molecule has 4 rings (SSSR count). The van der Waals surface area contributed by atoms with Crippen molar-refractivity contribution in [1.29, 1.82) is 0 Å². The summed E-state index contributed by atoms with van der Waals surface area (Å²) < 4.78 is 0.886. The van der Waals surface area contributed by atoms with E-state index in [-0.39, 0.29) is 11.8 Å². The zero-order valence-electron chi connectivity index (χ0n) is 11.6. The maximum atomic E-state index is 12.8. The van der Waals surface area contributed by atoms with E-state index in [2.05, 4.69) is 32.8 Å². The number of carbonyl (C=O) groups excluding carboxylic acids is 2. The first-order chi connectivity index (χ1) is 10.6. The molecule has 22 heavy (non-hydrogen) atoms. The Balaban J connectivity index is 1.89. The molecule has 0 radical (unpaired) electrons. The number of anilines is 1. The average Bonchev–Trinajstić information content (AvgIpc) is 2.78. The first-order valence-electron chi connectivity index (χ1n) is 6.96. The number of amides is 2. The van der Waals surface area contributed by atoms with Crippen LogP contribution in [-0.4, -0.2) is 22.8 Å². The van der Waals surface area contributed by atoms with Crippen LogP contribution in [0, 0.1) is 0 Å². The molecule has 1 saturated heterocycles. The molecule has 1 N–H and O–H groups in total. The highest BCUT2D eigenvalue weighted by Crippen LogP contribution is 2.41. The van der Waals surface area contributed by atoms with Crippen LogP contribution in [0.15, 0.2) is 41.3 Å². The number of hydrogen-bond donors (Lipinski definition) is 1. The van der Waals surface area contributed by atoms with Gasteiger partial charge in [-0.25, -0.2) is 0 Å². The maximum Gasteiger partial charge on any atom is 0.261 e. The number of carbonyl (C=O) groups is 2. The Hall–Kier alpha value is -2.21. The van der Waals surface area contributed by atoms with Crippen LogP contribution in [0.4, 0.5) is 5.69 Å². The molecular formula is C16H12BrN3O2. The summed E-state index contributed by atoms with van der Waals surface area (Å²) in [5.74, 6) is -0.347. The smallest absolute Gasteiger partial charge is 0.261 e. The van der Waals surface area contributed by atoms with Gasteiger partial charge in [0.25, 0.3) is 5.91 Å². The molecular weight excluding hydrogens is 346 g/mol. The molecule has 0 spiro atoms. The fourth-order valence-corrected chi connectivity index (χ4v) is 3.60. The topological polar surface area (TPSA) is 62.3 Å². The zero-order valence-corrected chi connectivity index (χ0v) is 13.2. The van der Waals surface area contributed by atoms with Crippen molar-refractivity contribution in [2.24, 2.45) is 0 Å². The van der Waals surface area contributed by atoms with Crippen molar-refractivity contribution in [1.82, 2.24) is 10.3 Å². The molecule has 2 aromatic rings. The third-order valence-corrected chi connectivity index (χ3v) is 4.88. The first kappa shape index (κ1) is 13.5. The van der Waals surface area contributed by atoms with Crippen LogP contribution in [0.1, 0.15) is 23.2 Å². The number of benzene rings is 1. The maximum absolute atomic E-state index is 12.8. The van der Waals surface area contributed by atoms with Crippen molar-refractivity contribution in [2.45, 2.75) is 18.9 Å². The number of rotatable bonds is 1. The van der Waals surface area contributed by atoms with Gasteiger partial charge in [0.05, 0.1) is 11.3 Å². The monoisotopic (exact) mass is 357 g/mol. The lowest BCUT2D eigenvalue weighted by Crippen LogP contribution is -2.51. The number of pyridine rings is 1. The molecule has 1 atom stereocenters. The SMILES string of the molecule is C=C1CCC(N2C(=O)c3cncc4c(Br)ccc2c34)C(=O)N1. The van der Waals surface area contributed by atoms with E-state index in [0.717, 1.165) is 20.9 Å². The van der Waals surface area contributed by atoms with Gasteiger partial charge >= 0.3 is 0 Å². The van der Waals surface area contributed by atoms with Crippen molar-refractivity contribution in [3.63, 3.8) is 0 Å². The van der Waals surface area contributed by atoms with Gasteiger partial charge in [0.2, 0.25) is 5.91 Å². The van der Waals surface area contributed by atoms with E-state index >= 15 is 0 Å².